The standard InChI is InChI=1S/C10H22N2O2/c1-4-5-8(13)7-12-9(14)6-10(2,3)11/h8,13H,4-7,11H2,1-3H3,(H,12,14). The number of aliphatic hydroxyl groups excluding tert-OH is 1. The number of nitrogens with one attached hydrogen (secondary N) is 1. The van der Waals surface area contributed by atoms with Gasteiger partial charge in [0.25, 0.3) is 0 Å². The second-order valence-electron chi connectivity index (χ2n) is 4.41. The third kappa shape index (κ3) is 8.01. The van der Waals surface area contributed by atoms with Crippen molar-refractivity contribution < 1.29 is 9.90 Å². The lowest BCUT2D eigenvalue weighted by atomic mass is 10.0. The van der Waals surface area contributed by atoms with Crippen LogP contribution in [0.5, 0.6) is 0 Å². The molecule has 0 aliphatic heterocycles. The highest BCUT2D eigenvalue weighted by Crippen LogP contribution is 2.02. The van der Waals surface area contributed by atoms with Crippen molar-refractivity contribution in [2.24, 2.45) is 5.73 Å². The molecule has 1 amide bonds. The molecule has 1 atom stereocenters. The first kappa shape index (κ1) is 13.4. The minimum absolute atomic E-state index is 0.104. The van der Waals surface area contributed by atoms with Crippen molar-refractivity contribution in [1.29, 1.82) is 0 Å². The largest absolute Gasteiger partial charge is 0.391 e. The molecular weight excluding hydrogens is 180 g/mol. The quantitative estimate of drug-likeness (QED) is 0.583. The first-order chi connectivity index (χ1) is 6.35. The summed E-state index contributed by atoms with van der Waals surface area (Å²) < 4.78 is 0. The summed E-state index contributed by atoms with van der Waals surface area (Å²) in [5.41, 5.74) is 5.19. The lowest BCUT2D eigenvalue weighted by Crippen LogP contribution is -2.41. The Labute approximate surface area is 85.9 Å². The molecule has 4 N–H and O–H groups in total. The number of aliphatic hydroxyl groups is 1. The fourth-order valence-electron chi connectivity index (χ4n) is 1.14. The fraction of sp³-hybridized carbons (Fsp3) is 0.900. The van der Waals surface area contributed by atoms with Crippen molar-refractivity contribution in [3.8, 4) is 0 Å². The normalized spacial score (nSPS) is 13.8. The Hall–Kier alpha value is -0.610. The number of carbonyl (C=O) groups excluding carboxylic acids is 1. The molecule has 14 heavy (non-hydrogen) atoms. The summed E-state index contributed by atoms with van der Waals surface area (Å²) in [6.45, 7) is 5.92. The zero-order valence-electron chi connectivity index (χ0n) is 9.34. The lowest BCUT2D eigenvalue weighted by Gasteiger charge is -2.18. The van der Waals surface area contributed by atoms with E-state index in [1.165, 1.54) is 0 Å². The predicted octanol–water partition coefficient (Wildman–Crippen LogP) is 0.391. The highest BCUT2D eigenvalue weighted by Gasteiger charge is 2.16. The van der Waals surface area contributed by atoms with Crippen LogP contribution in [-0.4, -0.2) is 29.2 Å². The summed E-state index contributed by atoms with van der Waals surface area (Å²) in [7, 11) is 0. The van der Waals surface area contributed by atoms with Gasteiger partial charge in [-0.25, -0.2) is 0 Å². The molecular formula is C10H22N2O2. The summed E-state index contributed by atoms with van der Waals surface area (Å²) in [6, 6.07) is 0. The Balaban J connectivity index is 3.64. The zero-order valence-corrected chi connectivity index (χ0v) is 9.34. The van der Waals surface area contributed by atoms with Gasteiger partial charge in [-0.05, 0) is 20.3 Å². The molecule has 0 heterocycles. The average Bonchev–Trinajstić information content (AvgIpc) is 1.98. The van der Waals surface area contributed by atoms with Crippen LogP contribution >= 0.6 is 0 Å². The Kier molecular flexibility index (Phi) is 5.72. The number of hydrogen-bond acceptors (Lipinski definition) is 3. The Morgan fingerprint density at radius 2 is 2.14 bits per heavy atom. The number of carbonyl (C=O) groups is 1. The molecule has 84 valence electrons. The third-order valence-corrected chi connectivity index (χ3v) is 1.77. The van der Waals surface area contributed by atoms with Gasteiger partial charge in [-0.2, -0.15) is 0 Å². The van der Waals surface area contributed by atoms with Crippen molar-refractivity contribution in [2.75, 3.05) is 6.54 Å². The molecule has 0 fully saturated rings. The molecule has 0 aromatic carbocycles. The van der Waals surface area contributed by atoms with E-state index in [0.717, 1.165) is 6.42 Å². The van der Waals surface area contributed by atoms with Crippen LogP contribution in [-0.2, 0) is 4.79 Å². The van der Waals surface area contributed by atoms with Crippen molar-refractivity contribution in [2.45, 2.75) is 51.7 Å². The van der Waals surface area contributed by atoms with Crippen LogP contribution in [0.4, 0.5) is 0 Å². The lowest BCUT2D eigenvalue weighted by molar-refractivity contribution is -0.122. The van der Waals surface area contributed by atoms with E-state index in [1.54, 1.807) is 13.8 Å². The van der Waals surface area contributed by atoms with Crippen LogP contribution in [0.2, 0.25) is 0 Å². The maximum absolute atomic E-state index is 11.3. The highest BCUT2D eigenvalue weighted by molar-refractivity contribution is 5.77. The number of hydrogen-bond donors (Lipinski definition) is 3. The van der Waals surface area contributed by atoms with Gasteiger partial charge in [0.1, 0.15) is 0 Å². The summed E-state index contributed by atoms with van der Waals surface area (Å²) in [6.07, 6.45) is 1.47. The van der Waals surface area contributed by atoms with Crippen LogP contribution in [0.25, 0.3) is 0 Å². The van der Waals surface area contributed by atoms with Gasteiger partial charge in [-0.3, -0.25) is 4.79 Å². The molecule has 0 aliphatic carbocycles. The summed E-state index contributed by atoms with van der Waals surface area (Å²) >= 11 is 0. The Bertz CT molecular complexity index is 175. The highest BCUT2D eigenvalue weighted by atomic mass is 16.3. The fourth-order valence-corrected chi connectivity index (χ4v) is 1.14. The van der Waals surface area contributed by atoms with Gasteiger partial charge >= 0.3 is 0 Å². The van der Waals surface area contributed by atoms with Crippen LogP contribution in [0.1, 0.15) is 40.0 Å². The van der Waals surface area contributed by atoms with Crippen LogP contribution in [0.15, 0.2) is 0 Å². The zero-order chi connectivity index (χ0) is 11.2. The second kappa shape index (κ2) is 5.98. The monoisotopic (exact) mass is 202 g/mol. The van der Waals surface area contributed by atoms with E-state index in [-0.39, 0.29) is 12.3 Å². The summed E-state index contributed by atoms with van der Waals surface area (Å²) in [4.78, 5) is 11.3. The van der Waals surface area contributed by atoms with Gasteiger partial charge in [0.15, 0.2) is 0 Å². The molecule has 1 unspecified atom stereocenters. The number of amides is 1. The molecule has 0 radical (unpaired) electrons. The molecule has 4 nitrogen and oxygen atoms in total. The van der Waals surface area contributed by atoms with Gasteiger partial charge in [0.2, 0.25) is 5.91 Å². The maximum Gasteiger partial charge on any atom is 0.221 e. The number of rotatable bonds is 6. The molecule has 4 heteroatoms. The van der Waals surface area contributed by atoms with Crippen LogP contribution < -0.4 is 11.1 Å². The first-order valence-corrected chi connectivity index (χ1v) is 5.09. The molecule has 0 aliphatic rings. The van der Waals surface area contributed by atoms with E-state index in [9.17, 15) is 9.90 Å². The van der Waals surface area contributed by atoms with Gasteiger partial charge in [0.05, 0.1) is 6.10 Å². The smallest absolute Gasteiger partial charge is 0.221 e. The first-order valence-electron chi connectivity index (χ1n) is 5.09. The van der Waals surface area contributed by atoms with Gasteiger partial charge in [0, 0.05) is 18.5 Å². The Morgan fingerprint density at radius 3 is 2.57 bits per heavy atom. The SMILES string of the molecule is CCCC(O)CNC(=O)CC(C)(C)N. The van der Waals surface area contributed by atoms with Crippen LogP contribution in [0.3, 0.4) is 0 Å². The predicted molar refractivity (Wildman–Crippen MR) is 56.8 cm³/mol. The van der Waals surface area contributed by atoms with E-state index >= 15 is 0 Å². The minimum atomic E-state index is -0.486. The molecule has 0 saturated heterocycles. The molecule has 0 saturated carbocycles. The molecule has 0 rings (SSSR count). The molecule has 0 spiro atoms. The maximum atomic E-state index is 11.3. The minimum Gasteiger partial charge on any atom is -0.391 e. The van der Waals surface area contributed by atoms with Gasteiger partial charge in [-0.1, -0.05) is 13.3 Å². The van der Waals surface area contributed by atoms with Gasteiger partial charge in [-0.15, -0.1) is 0 Å². The summed E-state index contributed by atoms with van der Waals surface area (Å²) in [5.74, 6) is -0.104. The topological polar surface area (TPSA) is 75.3 Å². The van der Waals surface area contributed by atoms with Crippen LogP contribution in [0, 0.1) is 0 Å². The average molecular weight is 202 g/mol. The second-order valence-corrected chi connectivity index (χ2v) is 4.41. The van der Waals surface area contributed by atoms with Gasteiger partial charge < -0.3 is 16.2 Å². The van der Waals surface area contributed by atoms with E-state index < -0.39 is 11.6 Å². The van der Waals surface area contributed by atoms with Crippen molar-refractivity contribution in [3.05, 3.63) is 0 Å². The summed E-state index contributed by atoms with van der Waals surface area (Å²) in [5, 5.41) is 12.0. The van der Waals surface area contributed by atoms with E-state index in [0.29, 0.717) is 13.0 Å². The molecule has 0 aromatic heterocycles. The molecule has 0 bridgehead atoms. The molecule has 0 aromatic rings. The van der Waals surface area contributed by atoms with Crippen molar-refractivity contribution in [3.63, 3.8) is 0 Å². The Morgan fingerprint density at radius 1 is 1.57 bits per heavy atom. The number of nitrogens with two attached hydrogens (primary N) is 1. The third-order valence-electron chi connectivity index (χ3n) is 1.77. The van der Waals surface area contributed by atoms with Crippen molar-refractivity contribution in [1.82, 2.24) is 5.32 Å². The van der Waals surface area contributed by atoms with Crippen molar-refractivity contribution >= 4 is 5.91 Å². The van der Waals surface area contributed by atoms with E-state index in [1.807, 2.05) is 6.92 Å². The van der Waals surface area contributed by atoms with E-state index in [2.05, 4.69) is 5.32 Å². The van der Waals surface area contributed by atoms with E-state index in [4.69, 9.17) is 5.73 Å².